The maximum atomic E-state index is 13.1. The van der Waals surface area contributed by atoms with Crippen LogP contribution in [0.25, 0.3) is 0 Å². The second kappa shape index (κ2) is 7.73. The lowest BCUT2D eigenvalue weighted by Gasteiger charge is -2.32. The van der Waals surface area contributed by atoms with Crippen molar-refractivity contribution in [2.45, 2.75) is 13.1 Å². The molecule has 0 saturated carbocycles. The number of amides is 1. The molecule has 6 nitrogen and oxygen atoms in total. The van der Waals surface area contributed by atoms with Crippen LogP contribution in [0.2, 0.25) is 0 Å². The molecule has 0 unspecified atom stereocenters. The number of esters is 1. The lowest BCUT2D eigenvalue weighted by atomic mass is 10.1. The molecule has 0 aromatic heterocycles. The van der Waals surface area contributed by atoms with Crippen molar-refractivity contribution in [1.29, 1.82) is 0 Å². The molecule has 1 amide bonds. The van der Waals surface area contributed by atoms with E-state index >= 15 is 0 Å². The van der Waals surface area contributed by atoms with Crippen molar-refractivity contribution in [3.05, 3.63) is 23.8 Å². The van der Waals surface area contributed by atoms with E-state index in [2.05, 4.69) is 4.74 Å². The lowest BCUT2D eigenvalue weighted by Crippen LogP contribution is -2.39. The molecule has 1 aliphatic rings. The standard InChI is InChI=1S/C16H19F3N2O4/c1-3-25-15(23)14(22)20(2)13-10-11(16(17,18)19)4-5-12(13)21-6-8-24-9-7-21/h4-5,10H,3,6-9H2,1-2H3. The van der Waals surface area contributed by atoms with Gasteiger partial charge in [0.25, 0.3) is 0 Å². The van der Waals surface area contributed by atoms with Gasteiger partial charge in [-0.15, -0.1) is 0 Å². The van der Waals surface area contributed by atoms with E-state index < -0.39 is 23.6 Å². The Morgan fingerprint density at radius 2 is 1.92 bits per heavy atom. The molecular weight excluding hydrogens is 341 g/mol. The quantitative estimate of drug-likeness (QED) is 0.610. The number of anilines is 2. The van der Waals surface area contributed by atoms with Crippen molar-refractivity contribution in [1.82, 2.24) is 0 Å². The molecule has 2 rings (SSSR count). The third-order valence-corrected chi connectivity index (χ3v) is 3.77. The van der Waals surface area contributed by atoms with Crippen LogP contribution in [0.4, 0.5) is 24.5 Å². The van der Waals surface area contributed by atoms with E-state index in [0.29, 0.717) is 32.0 Å². The fourth-order valence-electron chi connectivity index (χ4n) is 2.48. The highest BCUT2D eigenvalue weighted by atomic mass is 19.4. The highest BCUT2D eigenvalue weighted by Crippen LogP contribution is 2.37. The average molecular weight is 360 g/mol. The Labute approximate surface area is 143 Å². The fraction of sp³-hybridized carbons (Fsp3) is 0.500. The number of likely N-dealkylation sites (N-methyl/N-ethyl adjacent to an activating group) is 1. The van der Waals surface area contributed by atoms with Crippen molar-refractivity contribution in [2.75, 3.05) is 49.8 Å². The van der Waals surface area contributed by atoms with Crippen LogP contribution < -0.4 is 9.80 Å². The molecule has 0 bridgehead atoms. The van der Waals surface area contributed by atoms with E-state index in [4.69, 9.17) is 4.74 Å². The van der Waals surface area contributed by atoms with E-state index in [1.165, 1.54) is 20.0 Å². The number of morpholine rings is 1. The van der Waals surface area contributed by atoms with Gasteiger partial charge < -0.3 is 19.3 Å². The van der Waals surface area contributed by atoms with Crippen molar-refractivity contribution >= 4 is 23.3 Å². The largest absolute Gasteiger partial charge is 0.459 e. The van der Waals surface area contributed by atoms with E-state index in [1.807, 2.05) is 4.90 Å². The van der Waals surface area contributed by atoms with Crippen molar-refractivity contribution in [3.8, 4) is 0 Å². The molecule has 1 aromatic rings. The first kappa shape index (κ1) is 19.0. The number of carbonyl (C=O) groups is 2. The Kier molecular flexibility index (Phi) is 5.89. The highest BCUT2D eigenvalue weighted by Gasteiger charge is 2.33. The van der Waals surface area contributed by atoms with Crippen LogP contribution in [0.15, 0.2) is 18.2 Å². The van der Waals surface area contributed by atoms with Crippen LogP contribution in [-0.4, -0.2) is 51.8 Å². The second-order valence-electron chi connectivity index (χ2n) is 5.39. The number of benzene rings is 1. The summed E-state index contributed by atoms with van der Waals surface area (Å²) in [7, 11) is 1.25. The third-order valence-electron chi connectivity index (χ3n) is 3.77. The molecule has 1 heterocycles. The van der Waals surface area contributed by atoms with Gasteiger partial charge in [-0.05, 0) is 25.1 Å². The molecule has 1 aromatic carbocycles. The molecule has 9 heteroatoms. The van der Waals surface area contributed by atoms with Crippen LogP contribution in [0, 0.1) is 0 Å². The Morgan fingerprint density at radius 3 is 2.48 bits per heavy atom. The molecule has 1 aliphatic heterocycles. The molecule has 0 spiro atoms. The number of nitrogens with zero attached hydrogens (tertiary/aromatic N) is 2. The topological polar surface area (TPSA) is 59.1 Å². The Balaban J connectivity index is 2.43. The van der Waals surface area contributed by atoms with Gasteiger partial charge in [0.2, 0.25) is 0 Å². The summed E-state index contributed by atoms with van der Waals surface area (Å²) >= 11 is 0. The molecule has 1 fully saturated rings. The SMILES string of the molecule is CCOC(=O)C(=O)N(C)c1cc(C(F)(F)F)ccc1N1CCOCC1. The fourth-order valence-corrected chi connectivity index (χ4v) is 2.48. The van der Waals surface area contributed by atoms with Crippen LogP contribution in [0.1, 0.15) is 12.5 Å². The van der Waals surface area contributed by atoms with Gasteiger partial charge in [-0.25, -0.2) is 4.79 Å². The summed E-state index contributed by atoms with van der Waals surface area (Å²) < 4.78 is 49.1. The first-order valence-electron chi connectivity index (χ1n) is 7.74. The van der Waals surface area contributed by atoms with E-state index in [1.54, 1.807) is 0 Å². The normalized spacial score (nSPS) is 15.0. The molecule has 138 valence electrons. The summed E-state index contributed by atoms with van der Waals surface area (Å²) in [6.45, 7) is 3.33. The minimum Gasteiger partial charge on any atom is -0.459 e. The number of alkyl halides is 3. The van der Waals surface area contributed by atoms with Crippen molar-refractivity contribution in [3.63, 3.8) is 0 Å². The predicted molar refractivity (Wildman–Crippen MR) is 84.5 cm³/mol. The summed E-state index contributed by atoms with van der Waals surface area (Å²) in [6.07, 6.45) is -4.56. The summed E-state index contributed by atoms with van der Waals surface area (Å²) in [4.78, 5) is 26.5. The van der Waals surface area contributed by atoms with Crippen LogP contribution in [0.5, 0.6) is 0 Å². The van der Waals surface area contributed by atoms with E-state index in [-0.39, 0.29) is 12.3 Å². The molecule has 1 saturated heterocycles. The Bertz CT molecular complexity index is 643. The van der Waals surface area contributed by atoms with Gasteiger partial charge in [0, 0.05) is 20.1 Å². The summed E-state index contributed by atoms with van der Waals surface area (Å²) in [5, 5.41) is 0. The molecular formula is C16H19F3N2O4. The van der Waals surface area contributed by atoms with Crippen molar-refractivity contribution in [2.24, 2.45) is 0 Å². The molecule has 25 heavy (non-hydrogen) atoms. The summed E-state index contributed by atoms with van der Waals surface area (Å²) in [5.74, 6) is -2.15. The zero-order chi connectivity index (χ0) is 18.6. The van der Waals surface area contributed by atoms with Gasteiger partial charge in [0.05, 0.1) is 36.8 Å². The Morgan fingerprint density at radius 1 is 1.28 bits per heavy atom. The minimum atomic E-state index is -4.56. The van der Waals surface area contributed by atoms with Crippen LogP contribution >= 0.6 is 0 Å². The van der Waals surface area contributed by atoms with Crippen molar-refractivity contribution < 1.29 is 32.2 Å². The zero-order valence-corrected chi connectivity index (χ0v) is 13.9. The number of halogens is 3. The predicted octanol–water partition coefficient (Wildman–Crippen LogP) is 2.07. The number of rotatable bonds is 3. The number of ether oxygens (including phenoxy) is 2. The monoisotopic (exact) mass is 360 g/mol. The van der Waals surface area contributed by atoms with Crippen LogP contribution in [-0.2, 0) is 25.2 Å². The molecule has 0 aliphatic carbocycles. The maximum Gasteiger partial charge on any atom is 0.416 e. The average Bonchev–Trinajstić information content (AvgIpc) is 2.60. The lowest BCUT2D eigenvalue weighted by molar-refractivity contribution is -0.153. The van der Waals surface area contributed by atoms with Gasteiger partial charge >= 0.3 is 18.1 Å². The van der Waals surface area contributed by atoms with E-state index in [9.17, 15) is 22.8 Å². The minimum absolute atomic E-state index is 0.00265. The summed E-state index contributed by atoms with van der Waals surface area (Å²) in [5.41, 5.74) is -0.478. The molecule has 0 atom stereocenters. The van der Waals surface area contributed by atoms with Gasteiger partial charge in [-0.3, -0.25) is 4.79 Å². The highest BCUT2D eigenvalue weighted by molar-refractivity contribution is 6.38. The zero-order valence-electron chi connectivity index (χ0n) is 13.9. The van der Waals surface area contributed by atoms with Gasteiger partial charge in [-0.1, -0.05) is 0 Å². The van der Waals surface area contributed by atoms with Gasteiger partial charge in [-0.2, -0.15) is 13.2 Å². The number of carbonyl (C=O) groups excluding carboxylic acids is 2. The molecule has 0 radical (unpaired) electrons. The third kappa shape index (κ3) is 4.41. The van der Waals surface area contributed by atoms with Gasteiger partial charge in [0.1, 0.15) is 0 Å². The van der Waals surface area contributed by atoms with E-state index in [0.717, 1.165) is 17.0 Å². The molecule has 0 N–H and O–H groups in total. The number of hydrogen-bond donors (Lipinski definition) is 0. The summed E-state index contributed by atoms with van der Waals surface area (Å²) in [6, 6.07) is 3.12. The Hall–Kier alpha value is -2.29. The first-order valence-corrected chi connectivity index (χ1v) is 7.74. The number of hydrogen-bond acceptors (Lipinski definition) is 5. The smallest absolute Gasteiger partial charge is 0.416 e. The first-order chi connectivity index (χ1) is 11.8. The maximum absolute atomic E-state index is 13.1. The van der Waals surface area contributed by atoms with Gasteiger partial charge in [0.15, 0.2) is 0 Å². The second-order valence-corrected chi connectivity index (χ2v) is 5.39. The van der Waals surface area contributed by atoms with Crippen LogP contribution in [0.3, 0.4) is 0 Å².